The molecule has 0 saturated heterocycles. The Hall–Kier alpha value is -2.14. The van der Waals surface area contributed by atoms with Gasteiger partial charge in [-0.15, -0.1) is 0 Å². The van der Waals surface area contributed by atoms with Gasteiger partial charge < -0.3 is 10.1 Å². The van der Waals surface area contributed by atoms with Crippen LogP contribution < -0.4 is 10.1 Å². The first-order valence-electron chi connectivity index (χ1n) is 5.89. The summed E-state index contributed by atoms with van der Waals surface area (Å²) in [7, 11) is 1.60. The molecule has 1 aromatic carbocycles. The molecule has 4 nitrogen and oxygen atoms in total. The molecule has 1 N–H and O–H groups in total. The predicted molar refractivity (Wildman–Crippen MR) is 78.4 cm³/mol. The number of methoxy groups -OCH3 is 1. The summed E-state index contributed by atoms with van der Waals surface area (Å²) >= 11 is 1.63. The van der Waals surface area contributed by atoms with Crippen molar-refractivity contribution in [2.75, 3.05) is 12.4 Å². The Balaban J connectivity index is 1.87. The summed E-state index contributed by atoms with van der Waals surface area (Å²) < 4.78 is 6.21. The topological polar surface area (TPSA) is 47.0 Å². The van der Waals surface area contributed by atoms with Crippen LogP contribution in [0, 0.1) is 6.92 Å². The fraction of sp³-hybridized carbons (Fsp3) is 0.143. The van der Waals surface area contributed by atoms with Gasteiger partial charge >= 0.3 is 0 Å². The van der Waals surface area contributed by atoms with Gasteiger partial charge in [0.2, 0.25) is 5.88 Å². The van der Waals surface area contributed by atoms with Gasteiger partial charge in [0.25, 0.3) is 0 Å². The molecule has 0 atom stereocenters. The highest BCUT2D eigenvalue weighted by atomic mass is 32.1. The lowest BCUT2D eigenvalue weighted by Gasteiger charge is -2.02. The third kappa shape index (κ3) is 2.51. The lowest BCUT2D eigenvalue weighted by Crippen LogP contribution is -1.91. The number of nitrogens with one attached hydrogen (secondary N) is 1. The first-order chi connectivity index (χ1) is 9.24. The molecule has 0 bridgehead atoms. The number of fused-ring (bicyclic) bond motifs is 1. The molecule has 0 saturated carbocycles. The molecule has 0 aliphatic rings. The lowest BCUT2D eigenvalue weighted by atomic mass is 10.2. The standard InChI is InChI=1S/C14H13N3OS/c1-9-3-5-11-12(7-9)19-14(17-11)16-10-4-6-13(18-2)15-8-10/h3-8H,1-2H3,(H,16,17). The van der Waals surface area contributed by atoms with Crippen LogP contribution in [0.25, 0.3) is 10.2 Å². The minimum Gasteiger partial charge on any atom is -0.481 e. The van der Waals surface area contributed by atoms with Crippen LogP contribution in [0.4, 0.5) is 10.8 Å². The molecule has 2 heterocycles. The van der Waals surface area contributed by atoms with Crippen LogP contribution in [0.5, 0.6) is 5.88 Å². The van der Waals surface area contributed by atoms with E-state index >= 15 is 0 Å². The highest BCUT2D eigenvalue weighted by Crippen LogP contribution is 2.28. The van der Waals surface area contributed by atoms with Crippen molar-refractivity contribution in [2.24, 2.45) is 0 Å². The van der Waals surface area contributed by atoms with Crippen LogP contribution in [0.2, 0.25) is 0 Å². The van der Waals surface area contributed by atoms with Gasteiger partial charge in [-0.2, -0.15) is 0 Å². The van der Waals surface area contributed by atoms with Crippen molar-refractivity contribution in [3.63, 3.8) is 0 Å². The highest BCUT2D eigenvalue weighted by Gasteiger charge is 2.04. The number of ether oxygens (including phenoxy) is 1. The zero-order valence-corrected chi connectivity index (χ0v) is 11.5. The van der Waals surface area contributed by atoms with Crippen molar-refractivity contribution >= 4 is 32.4 Å². The van der Waals surface area contributed by atoms with Gasteiger partial charge in [-0.25, -0.2) is 9.97 Å². The molecule has 96 valence electrons. The molecular formula is C14H13N3OS. The summed E-state index contributed by atoms with van der Waals surface area (Å²) in [6.45, 7) is 2.08. The van der Waals surface area contributed by atoms with Crippen molar-refractivity contribution in [1.82, 2.24) is 9.97 Å². The number of aromatic nitrogens is 2. The maximum atomic E-state index is 5.03. The molecule has 3 aromatic rings. The fourth-order valence-corrected chi connectivity index (χ4v) is 2.77. The second kappa shape index (κ2) is 4.85. The van der Waals surface area contributed by atoms with Crippen LogP contribution in [0.3, 0.4) is 0 Å². The Bertz CT molecular complexity index is 706. The number of hydrogen-bond donors (Lipinski definition) is 1. The number of aryl methyl sites for hydroxylation is 1. The van der Waals surface area contributed by atoms with Crippen molar-refractivity contribution in [3.05, 3.63) is 42.1 Å². The molecule has 0 spiro atoms. The Labute approximate surface area is 115 Å². The molecule has 0 fully saturated rings. The van der Waals surface area contributed by atoms with E-state index in [0.717, 1.165) is 16.3 Å². The van der Waals surface area contributed by atoms with Crippen LogP contribution in [-0.4, -0.2) is 17.1 Å². The summed E-state index contributed by atoms with van der Waals surface area (Å²) in [5, 5.41) is 4.12. The smallest absolute Gasteiger partial charge is 0.213 e. The number of rotatable bonds is 3. The zero-order chi connectivity index (χ0) is 13.2. The first kappa shape index (κ1) is 11.9. The van der Waals surface area contributed by atoms with Crippen molar-refractivity contribution in [3.8, 4) is 5.88 Å². The van der Waals surface area contributed by atoms with E-state index in [-0.39, 0.29) is 0 Å². The summed E-state index contributed by atoms with van der Waals surface area (Å²) in [5.41, 5.74) is 3.16. The average Bonchev–Trinajstić information content (AvgIpc) is 2.81. The zero-order valence-electron chi connectivity index (χ0n) is 10.7. The summed E-state index contributed by atoms with van der Waals surface area (Å²) in [4.78, 5) is 8.69. The summed E-state index contributed by atoms with van der Waals surface area (Å²) in [6.07, 6.45) is 1.73. The van der Waals surface area contributed by atoms with Gasteiger partial charge in [0, 0.05) is 6.07 Å². The van der Waals surface area contributed by atoms with Gasteiger partial charge in [-0.3, -0.25) is 0 Å². The predicted octanol–water partition coefficient (Wildman–Crippen LogP) is 3.75. The van der Waals surface area contributed by atoms with Gasteiger partial charge in [-0.1, -0.05) is 17.4 Å². The van der Waals surface area contributed by atoms with E-state index in [1.165, 1.54) is 10.3 Å². The quantitative estimate of drug-likeness (QED) is 0.788. The molecule has 0 radical (unpaired) electrons. The van der Waals surface area contributed by atoms with E-state index in [2.05, 4.69) is 34.3 Å². The highest BCUT2D eigenvalue weighted by molar-refractivity contribution is 7.22. The molecule has 19 heavy (non-hydrogen) atoms. The van der Waals surface area contributed by atoms with Crippen LogP contribution in [-0.2, 0) is 0 Å². The number of benzene rings is 1. The van der Waals surface area contributed by atoms with Crippen molar-refractivity contribution in [1.29, 1.82) is 0 Å². The molecular weight excluding hydrogens is 258 g/mol. The van der Waals surface area contributed by atoms with Crippen LogP contribution in [0.1, 0.15) is 5.56 Å². The molecule has 0 aliphatic carbocycles. The minimum absolute atomic E-state index is 0.602. The molecule has 2 aromatic heterocycles. The second-order valence-electron chi connectivity index (χ2n) is 4.20. The third-order valence-corrected chi connectivity index (χ3v) is 3.67. The normalized spacial score (nSPS) is 10.6. The molecule has 0 unspecified atom stereocenters. The van der Waals surface area contributed by atoms with Gasteiger partial charge in [0.15, 0.2) is 5.13 Å². The van der Waals surface area contributed by atoms with Gasteiger partial charge in [0.05, 0.1) is 29.2 Å². The Morgan fingerprint density at radius 2 is 2.11 bits per heavy atom. The van der Waals surface area contributed by atoms with Gasteiger partial charge in [0.1, 0.15) is 0 Å². The second-order valence-corrected chi connectivity index (χ2v) is 5.24. The Morgan fingerprint density at radius 3 is 2.84 bits per heavy atom. The number of anilines is 2. The largest absolute Gasteiger partial charge is 0.481 e. The number of pyridine rings is 1. The summed E-state index contributed by atoms with van der Waals surface area (Å²) in [5.74, 6) is 0.602. The van der Waals surface area contributed by atoms with E-state index in [9.17, 15) is 0 Å². The first-order valence-corrected chi connectivity index (χ1v) is 6.70. The average molecular weight is 271 g/mol. The van der Waals surface area contributed by atoms with Crippen LogP contribution in [0.15, 0.2) is 36.5 Å². The molecule has 0 amide bonds. The maximum Gasteiger partial charge on any atom is 0.213 e. The number of hydrogen-bond acceptors (Lipinski definition) is 5. The Kier molecular flexibility index (Phi) is 3.05. The number of nitrogens with zero attached hydrogens (tertiary/aromatic N) is 2. The van der Waals surface area contributed by atoms with E-state index in [1.807, 2.05) is 18.2 Å². The Morgan fingerprint density at radius 1 is 1.21 bits per heavy atom. The SMILES string of the molecule is COc1ccc(Nc2nc3ccc(C)cc3s2)cn1. The van der Waals surface area contributed by atoms with E-state index in [0.29, 0.717) is 5.88 Å². The number of thiazole rings is 1. The fourth-order valence-electron chi connectivity index (χ4n) is 1.78. The molecule has 0 aliphatic heterocycles. The third-order valence-electron chi connectivity index (χ3n) is 2.74. The van der Waals surface area contributed by atoms with E-state index in [4.69, 9.17) is 4.74 Å². The van der Waals surface area contributed by atoms with Gasteiger partial charge in [-0.05, 0) is 30.7 Å². The van der Waals surface area contributed by atoms with Crippen LogP contribution >= 0.6 is 11.3 Å². The van der Waals surface area contributed by atoms with E-state index < -0.39 is 0 Å². The van der Waals surface area contributed by atoms with Crippen molar-refractivity contribution < 1.29 is 4.74 Å². The van der Waals surface area contributed by atoms with E-state index in [1.54, 1.807) is 24.6 Å². The monoisotopic (exact) mass is 271 g/mol. The maximum absolute atomic E-state index is 5.03. The minimum atomic E-state index is 0.602. The van der Waals surface area contributed by atoms with Crippen molar-refractivity contribution in [2.45, 2.75) is 6.92 Å². The molecule has 3 rings (SSSR count). The summed E-state index contributed by atoms with van der Waals surface area (Å²) in [6, 6.07) is 9.99. The lowest BCUT2D eigenvalue weighted by molar-refractivity contribution is 0.398. The molecule has 5 heteroatoms.